The Morgan fingerprint density at radius 2 is 2.00 bits per heavy atom. The standard InChI is InChI=1S/C17H18N2O6/c1-2-25-16-12(14(21)15(16)22)18-11-5-3-4-10(13(11)20)17(23)19-6-8-24-9-7-19/h3-5,18,20H,2,6-9H2,1H3. The monoisotopic (exact) mass is 346 g/mol. The minimum absolute atomic E-state index is 0.0156. The number of hydrogen-bond acceptors (Lipinski definition) is 7. The maximum Gasteiger partial charge on any atom is 0.272 e. The van der Waals surface area contributed by atoms with Gasteiger partial charge in [-0.2, -0.15) is 0 Å². The third kappa shape index (κ3) is 3.08. The van der Waals surface area contributed by atoms with Gasteiger partial charge < -0.3 is 24.8 Å². The summed E-state index contributed by atoms with van der Waals surface area (Å²) in [5, 5.41) is 13.1. The Labute approximate surface area is 143 Å². The highest BCUT2D eigenvalue weighted by Gasteiger charge is 2.26. The van der Waals surface area contributed by atoms with Crippen molar-refractivity contribution in [3.63, 3.8) is 0 Å². The van der Waals surface area contributed by atoms with Gasteiger partial charge in [0.2, 0.25) is 0 Å². The lowest BCUT2D eigenvalue weighted by Gasteiger charge is -2.27. The number of rotatable bonds is 5. The second kappa shape index (κ2) is 6.94. The Morgan fingerprint density at radius 1 is 1.28 bits per heavy atom. The van der Waals surface area contributed by atoms with Crippen LogP contribution in [0.5, 0.6) is 11.5 Å². The summed E-state index contributed by atoms with van der Waals surface area (Å²) in [4.78, 5) is 37.4. The highest BCUT2D eigenvalue weighted by atomic mass is 16.5. The molecule has 0 atom stereocenters. The van der Waals surface area contributed by atoms with Crippen LogP contribution in [0.25, 0.3) is 0 Å². The average molecular weight is 346 g/mol. The number of aromatic hydroxyl groups is 1. The van der Waals surface area contributed by atoms with Gasteiger partial charge in [0.1, 0.15) is 5.69 Å². The Bertz CT molecular complexity index is 863. The SMILES string of the molecule is CCOc1c(Nc2cccc(C(=O)N3CCOCC3)c2O)c(=O)c1=O. The quantitative estimate of drug-likeness (QED) is 0.603. The van der Waals surface area contributed by atoms with Gasteiger partial charge in [0.05, 0.1) is 31.1 Å². The van der Waals surface area contributed by atoms with Gasteiger partial charge in [-0.3, -0.25) is 14.4 Å². The summed E-state index contributed by atoms with van der Waals surface area (Å²) in [6.45, 7) is 3.73. The first-order chi connectivity index (χ1) is 12.0. The minimum Gasteiger partial charge on any atom is -0.505 e. The molecule has 25 heavy (non-hydrogen) atoms. The number of morpholine rings is 1. The number of phenolic OH excluding ortho intramolecular Hbond substituents is 1. The zero-order valence-corrected chi connectivity index (χ0v) is 13.7. The third-order valence-corrected chi connectivity index (χ3v) is 3.98. The molecule has 2 aromatic carbocycles. The van der Waals surface area contributed by atoms with E-state index in [2.05, 4.69) is 5.32 Å². The summed E-state index contributed by atoms with van der Waals surface area (Å²) < 4.78 is 10.3. The first kappa shape index (κ1) is 17.0. The van der Waals surface area contributed by atoms with Crippen LogP contribution in [0.4, 0.5) is 11.4 Å². The first-order valence-corrected chi connectivity index (χ1v) is 7.96. The zero-order chi connectivity index (χ0) is 18.0. The van der Waals surface area contributed by atoms with Crippen molar-refractivity contribution >= 4 is 17.3 Å². The van der Waals surface area contributed by atoms with E-state index in [1.165, 1.54) is 12.1 Å². The van der Waals surface area contributed by atoms with E-state index in [-0.39, 0.29) is 41.0 Å². The fraction of sp³-hybridized carbons (Fsp3) is 0.353. The largest absolute Gasteiger partial charge is 0.505 e. The van der Waals surface area contributed by atoms with Crippen LogP contribution in [-0.4, -0.2) is 48.8 Å². The van der Waals surface area contributed by atoms with Gasteiger partial charge in [-0.1, -0.05) is 6.07 Å². The van der Waals surface area contributed by atoms with E-state index >= 15 is 0 Å². The van der Waals surface area contributed by atoms with E-state index in [9.17, 15) is 19.5 Å². The zero-order valence-electron chi connectivity index (χ0n) is 13.7. The summed E-state index contributed by atoms with van der Waals surface area (Å²) in [7, 11) is 0. The third-order valence-electron chi connectivity index (χ3n) is 3.98. The molecule has 2 N–H and O–H groups in total. The van der Waals surface area contributed by atoms with Crippen molar-refractivity contribution in [3.8, 4) is 11.5 Å². The normalized spacial score (nSPS) is 14.5. The summed E-state index contributed by atoms with van der Waals surface area (Å²) in [5.74, 6) is -0.661. The Balaban J connectivity index is 1.87. The molecule has 1 amide bonds. The van der Waals surface area contributed by atoms with Crippen LogP contribution in [0.3, 0.4) is 0 Å². The molecule has 132 valence electrons. The molecule has 0 saturated carbocycles. The number of benzene rings is 1. The van der Waals surface area contributed by atoms with E-state index in [1.807, 2.05) is 0 Å². The summed E-state index contributed by atoms with van der Waals surface area (Å²) in [6, 6.07) is 4.60. The number of para-hydroxylation sites is 1. The molecule has 2 aromatic rings. The van der Waals surface area contributed by atoms with Crippen LogP contribution in [-0.2, 0) is 4.74 Å². The fourth-order valence-corrected chi connectivity index (χ4v) is 2.65. The predicted molar refractivity (Wildman–Crippen MR) is 90.6 cm³/mol. The van der Waals surface area contributed by atoms with Crippen LogP contribution in [0.15, 0.2) is 27.8 Å². The van der Waals surface area contributed by atoms with Crippen molar-refractivity contribution in [1.82, 2.24) is 4.90 Å². The van der Waals surface area contributed by atoms with Crippen LogP contribution >= 0.6 is 0 Å². The second-order valence-electron chi connectivity index (χ2n) is 5.53. The molecule has 1 aliphatic rings. The number of ether oxygens (including phenoxy) is 2. The highest BCUT2D eigenvalue weighted by Crippen LogP contribution is 2.32. The predicted octanol–water partition coefficient (Wildman–Crippen LogP) is 0.603. The fourth-order valence-electron chi connectivity index (χ4n) is 2.65. The molecule has 3 rings (SSSR count). The summed E-state index contributed by atoms with van der Waals surface area (Å²) >= 11 is 0. The van der Waals surface area contributed by atoms with Crippen LogP contribution in [0, 0.1) is 0 Å². The number of carbonyl (C=O) groups is 1. The lowest BCUT2D eigenvalue weighted by atomic mass is 10.1. The molecule has 0 spiro atoms. The van der Waals surface area contributed by atoms with Gasteiger partial charge in [0.25, 0.3) is 16.8 Å². The molecule has 0 bridgehead atoms. The molecule has 8 heteroatoms. The number of phenols is 1. The minimum atomic E-state index is -0.715. The maximum absolute atomic E-state index is 12.6. The van der Waals surface area contributed by atoms with Crippen LogP contribution < -0.4 is 20.9 Å². The maximum atomic E-state index is 12.6. The van der Waals surface area contributed by atoms with Gasteiger partial charge >= 0.3 is 0 Å². The van der Waals surface area contributed by atoms with Crippen molar-refractivity contribution in [3.05, 3.63) is 44.2 Å². The molecule has 1 fully saturated rings. The van der Waals surface area contributed by atoms with Crippen LogP contribution in [0.1, 0.15) is 17.3 Å². The topological polar surface area (TPSA) is 105 Å². The highest BCUT2D eigenvalue weighted by molar-refractivity contribution is 5.99. The molecule has 0 radical (unpaired) electrons. The van der Waals surface area contributed by atoms with Gasteiger partial charge in [0, 0.05) is 13.1 Å². The Morgan fingerprint density at radius 3 is 2.68 bits per heavy atom. The number of carbonyl (C=O) groups excluding carboxylic acids is 1. The van der Waals surface area contributed by atoms with E-state index < -0.39 is 10.9 Å². The van der Waals surface area contributed by atoms with E-state index in [0.717, 1.165) is 0 Å². The van der Waals surface area contributed by atoms with Gasteiger partial charge in [-0.05, 0) is 19.1 Å². The summed E-state index contributed by atoms with van der Waals surface area (Å²) in [6.07, 6.45) is 0. The Hall–Kier alpha value is -2.87. The van der Waals surface area contributed by atoms with Gasteiger partial charge in [0.15, 0.2) is 11.5 Å². The number of anilines is 2. The number of hydrogen-bond donors (Lipinski definition) is 2. The lowest BCUT2D eigenvalue weighted by molar-refractivity contribution is 0.0301. The summed E-state index contributed by atoms with van der Waals surface area (Å²) in [5.41, 5.74) is -1.16. The molecule has 1 saturated heterocycles. The first-order valence-electron chi connectivity index (χ1n) is 7.96. The van der Waals surface area contributed by atoms with E-state index in [1.54, 1.807) is 17.9 Å². The van der Waals surface area contributed by atoms with E-state index in [0.29, 0.717) is 26.3 Å². The number of nitrogens with one attached hydrogen (secondary N) is 1. The van der Waals surface area contributed by atoms with Crippen molar-refractivity contribution in [2.75, 3.05) is 38.2 Å². The molecule has 1 aliphatic heterocycles. The molecule has 0 aromatic heterocycles. The second-order valence-corrected chi connectivity index (χ2v) is 5.53. The van der Waals surface area contributed by atoms with Crippen LogP contribution in [0.2, 0.25) is 0 Å². The van der Waals surface area contributed by atoms with E-state index in [4.69, 9.17) is 9.47 Å². The molecular formula is C17H18N2O6. The smallest absolute Gasteiger partial charge is 0.272 e. The Kier molecular flexibility index (Phi) is 4.71. The van der Waals surface area contributed by atoms with Crippen molar-refractivity contribution in [1.29, 1.82) is 0 Å². The average Bonchev–Trinajstić information content (AvgIpc) is 2.65. The molecule has 8 nitrogen and oxygen atoms in total. The lowest BCUT2D eigenvalue weighted by Crippen LogP contribution is -2.40. The van der Waals surface area contributed by atoms with Gasteiger partial charge in [-0.25, -0.2) is 0 Å². The molecule has 1 heterocycles. The van der Waals surface area contributed by atoms with Crippen molar-refractivity contribution in [2.24, 2.45) is 0 Å². The molecule has 0 unspecified atom stereocenters. The molecule has 0 aliphatic carbocycles. The van der Waals surface area contributed by atoms with Crippen molar-refractivity contribution in [2.45, 2.75) is 6.92 Å². The molecular weight excluding hydrogens is 328 g/mol. The van der Waals surface area contributed by atoms with Gasteiger partial charge in [-0.15, -0.1) is 0 Å². The number of nitrogens with zero attached hydrogens (tertiary/aromatic N) is 1. The number of amides is 1. The van der Waals surface area contributed by atoms with Crippen molar-refractivity contribution < 1.29 is 19.4 Å².